The summed E-state index contributed by atoms with van der Waals surface area (Å²) in [4.78, 5) is 3.54. The van der Waals surface area contributed by atoms with Crippen LogP contribution in [0.5, 0.6) is 0 Å². The Morgan fingerprint density at radius 1 is 1.10 bits per heavy atom. The van der Waals surface area contributed by atoms with Crippen LogP contribution in [0, 0.1) is 11.3 Å². The van der Waals surface area contributed by atoms with Gasteiger partial charge in [0.15, 0.2) is 0 Å². The maximum atomic E-state index is 8.79. The smallest absolute Gasteiger partial charge is 0.0424 e. The van der Waals surface area contributed by atoms with Crippen LogP contribution in [0.4, 0.5) is 0 Å². The molecule has 2 bridgehead atoms. The van der Waals surface area contributed by atoms with Gasteiger partial charge in [-0.15, -0.1) is 0 Å². The summed E-state index contributed by atoms with van der Waals surface area (Å²) in [6, 6.07) is 0. The SMILES string of the molecule is N#[N+]C12CCC(CC1)CC2. The molecule has 2 heteroatoms. The zero-order valence-electron chi connectivity index (χ0n) is 6.21. The molecule has 3 aliphatic rings. The Morgan fingerprint density at radius 2 is 1.60 bits per heavy atom. The second-order valence-corrected chi connectivity index (χ2v) is 3.81. The molecule has 54 valence electrons. The molecule has 0 saturated heterocycles. The molecule has 0 aromatic heterocycles. The van der Waals surface area contributed by atoms with Crippen molar-refractivity contribution in [1.82, 2.24) is 0 Å². The highest BCUT2D eigenvalue weighted by Gasteiger charge is 2.51. The van der Waals surface area contributed by atoms with Gasteiger partial charge in [0.1, 0.15) is 4.98 Å². The van der Waals surface area contributed by atoms with Gasteiger partial charge in [-0.05, 0) is 25.2 Å². The van der Waals surface area contributed by atoms with E-state index < -0.39 is 0 Å². The van der Waals surface area contributed by atoms with Crippen molar-refractivity contribution in [2.75, 3.05) is 0 Å². The monoisotopic (exact) mass is 137 g/mol. The molecule has 3 rings (SSSR count). The molecule has 0 radical (unpaired) electrons. The van der Waals surface area contributed by atoms with Crippen molar-refractivity contribution in [3.05, 3.63) is 4.98 Å². The lowest BCUT2D eigenvalue weighted by atomic mass is 9.66. The van der Waals surface area contributed by atoms with Gasteiger partial charge < -0.3 is 0 Å². The molecule has 0 atom stereocenters. The predicted octanol–water partition coefficient (Wildman–Crippen LogP) is 2.56. The third-order valence-electron chi connectivity index (χ3n) is 3.27. The minimum Gasteiger partial charge on any atom is -0.0424 e. The molecule has 0 aliphatic heterocycles. The van der Waals surface area contributed by atoms with Gasteiger partial charge in [0, 0.05) is 19.3 Å². The van der Waals surface area contributed by atoms with Crippen LogP contribution in [0.2, 0.25) is 0 Å². The fraction of sp³-hybridized carbons (Fsp3) is 1.00. The van der Waals surface area contributed by atoms with Crippen LogP contribution in [-0.4, -0.2) is 5.54 Å². The first-order valence-corrected chi connectivity index (χ1v) is 4.21. The molecular formula is C8H13N2+. The molecule has 3 fully saturated rings. The first-order chi connectivity index (χ1) is 4.85. The molecule has 2 nitrogen and oxygen atoms in total. The second-order valence-electron chi connectivity index (χ2n) is 3.81. The highest BCUT2D eigenvalue weighted by Crippen LogP contribution is 2.46. The third kappa shape index (κ3) is 0.733. The molecule has 0 amide bonds. The van der Waals surface area contributed by atoms with E-state index in [0.717, 1.165) is 25.2 Å². The van der Waals surface area contributed by atoms with Crippen LogP contribution in [0.25, 0.3) is 4.98 Å². The van der Waals surface area contributed by atoms with Crippen molar-refractivity contribution >= 4 is 0 Å². The van der Waals surface area contributed by atoms with Gasteiger partial charge >= 0.3 is 5.54 Å². The lowest BCUT2D eigenvalue weighted by molar-refractivity contribution is 0.169. The molecule has 3 aliphatic carbocycles. The largest absolute Gasteiger partial charge is 0.322 e. The Hall–Kier alpha value is -0.580. The van der Waals surface area contributed by atoms with E-state index in [1.165, 1.54) is 19.3 Å². The Morgan fingerprint density at radius 3 is 1.90 bits per heavy atom. The summed E-state index contributed by atoms with van der Waals surface area (Å²) in [7, 11) is 0. The summed E-state index contributed by atoms with van der Waals surface area (Å²) >= 11 is 0. The molecule has 0 aromatic rings. The van der Waals surface area contributed by atoms with Crippen LogP contribution < -0.4 is 0 Å². The first kappa shape index (κ1) is 6.15. The Labute approximate surface area is 61.2 Å². The maximum absolute atomic E-state index is 8.79. The van der Waals surface area contributed by atoms with Gasteiger partial charge in [0.05, 0.1) is 0 Å². The van der Waals surface area contributed by atoms with Crippen LogP contribution >= 0.6 is 0 Å². The van der Waals surface area contributed by atoms with E-state index in [1.807, 2.05) is 0 Å². The maximum Gasteiger partial charge on any atom is 0.322 e. The van der Waals surface area contributed by atoms with Crippen LogP contribution in [0.1, 0.15) is 38.5 Å². The summed E-state index contributed by atoms with van der Waals surface area (Å²) in [6.45, 7) is 0. The molecule has 3 saturated carbocycles. The Bertz CT molecular complexity index is 158. The zero-order valence-corrected chi connectivity index (χ0v) is 6.21. The fourth-order valence-corrected chi connectivity index (χ4v) is 2.38. The summed E-state index contributed by atoms with van der Waals surface area (Å²) in [6.07, 6.45) is 7.29. The normalized spacial score (nSPS) is 44.9. The minimum atomic E-state index is 0.00868. The van der Waals surface area contributed by atoms with E-state index in [1.54, 1.807) is 0 Å². The van der Waals surface area contributed by atoms with Crippen LogP contribution in [0.15, 0.2) is 0 Å². The van der Waals surface area contributed by atoms with Crippen molar-refractivity contribution in [2.45, 2.75) is 44.1 Å². The van der Waals surface area contributed by atoms with Gasteiger partial charge in [-0.2, -0.15) is 0 Å². The number of nitrogens with zero attached hydrogens (tertiary/aromatic N) is 2. The molecule has 0 spiro atoms. The van der Waals surface area contributed by atoms with E-state index in [9.17, 15) is 0 Å². The highest BCUT2D eigenvalue weighted by atomic mass is 15.0. The summed E-state index contributed by atoms with van der Waals surface area (Å²) in [5.74, 6) is 0.962. The predicted molar refractivity (Wildman–Crippen MR) is 39.0 cm³/mol. The van der Waals surface area contributed by atoms with E-state index in [4.69, 9.17) is 5.39 Å². The summed E-state index contributed by atoms with van der Waals surface area (Å²) in [5.41, 5.74) is 0.00868. The highest BCUT2D eigenvalue weighted by molar-refractivity contribution is 5.04. The third-order valence-corrected chi connectivity index (χ3v) is 3.27. The standard InChI is InChI=1S/C8H13N2/c9-10-8-4-1-7(2-5-8)3-6-8/h7H,1-6H2/q+1. The Kier molecular flexibility index (Phi) is 1.20. The van der Waals surface area contributed by atoms with Crippen molar-refractivity contribution in [3.8, 4) is 0 Å². The lowest BCUT2D eigenvalue weighted by Gasteiger charge is -2.33. The second kappa shape index (κ2) is 1.95. The van der Waals surface area contributed by atoms with E-state index in [-0.39, 0.29) is 5.54 Å². The van der Waals surface area contributed by atoms with Gasteiger partial charge in [0.25, 0.3) is 0 Å². The average molecular weight is 137 g/mol. The number of rotatable bonds is 0. The quantitative estimate of drug-likeness (QED) is 0.471. The number of diazo groups is 1. The number of fused-ring (bicyclic) bond motifs is 3. The summed E-state index contributed by atoms with van der Waals surface area (Å²) in [5, 5.41) is 8.79. The molecular weight excluding hydrogens is 124 g/mol. The van der Waals surface area contributed by atoms with E-state index in [0.29, 0.717) is 0 Å². The van der Waals surface area contributed by atoms with Crippen LogP contribution in [-0.2, 0) is 0 Å². The molecule has 0 aromatic carbocycles. The van der Waals surface area contributed by atoms with Gasteiger partial charge in [-0.3, -0.25) is 0 Å². The number of hydrogen-bond donors (Lipinski definition) is 0. The van der Waals surface area contributed by atoms with Gasteiger partial charge in [-0.25, -0.2) is 0 Å². The zero-order chi connectivity index (χ0) is 7.03. The Balaban J connectivity index is 2.17. The average Bonchev–Trinajstić information content (AvgIpc) is 2.08. The van der Waals surface area contributed by atoms with E-state index in [2.05, 4.69) is 4.98 Å². The first-order valence-electron chi connectivity index (χ1n) is 4.21. The molecule has 10 heavy (non-hydrogen) atoms. The topological polar surface area (TPSA) is 28.1 Å². The molecule has 0 heterocycles. The minimum absolute atomic E-state index is 0.00868. The number of hydrogen-bond acceptors (Lipinski definition) is 1. The molecule has 0 N–H and O–H groups in total. The summed E-state index contributed by atoms with van der Waals surface area (Å²) < 4.78 is 0. The van der Waals surface area contributed by atoms with Crippen LogP contribution in [0.3, 0.4) is 0 Å². The van der Waals surface area contributed by atoms with Crippen molar-refractivity contribution in [3.63, 3.8) is 0 Å². The lowest BCUT2D eigenvalue weighted by Crippen LogP contribution is -2.36. The van der Waals surface area contributed by atoms with Gasteiger partial charge in [-0.1, -0.05) is 0 Å². The fourth-order valence-electron chi connectivity index (χ4n) is 2.38. The van der Waals surface area contributed by atoms with Crippen molar-refractivity contribution in [2.24, 2.45) is 5.92 Å². The molecule has 0 unspecified atom stereocenters. The van der Waals surface area contributed by atoms with Crippen molar-refractivity contribution in [1.29, 1.82) is 5.39 Å². The van der Waals surface area contributed by atoms with E-state index >= 15 is 0 Å². The van der Waals surface area contributed by atoms with Crippen molar-refractivity contribution < 1.29 is 0 Å². The van der Waals surface area contributed by atoms with Gasteiger partial charge in [0.2, 0.25) is 5.39 Å².